The smallest absolute Gasteiger partial charge is 0.453 e. The van der Waals surface area contributed by atoms with Crippen LogP contribution in [-0.4, -0.2) is 17.2 Å². The molecule has 0 atom stereocenters. The summed E-state index contributed by atoms with van der Waals surface area (Å²) in [5, 5.41) is 1.95. The van der Waals surface area contributed by atoms with Gasteiger partial charge in [-0.25, -0.2) is 9.18 Å². The van der Waals surface area contributed by atoms with Gasteiger partial charge in [-0.1, -0.05) is 28.4 Å². The van der Waals surface area contributed by atoms with Crippen LogP contribution in [-0.2, 0) is 10.9 Å². The van der Waals surface area contributed by atoms with Crippen LogP contribution in [0.5, 0.6) is 0 Å². The van der Waals surface area contributed by atoms with E-state index in [-0.39, 0.29) is 10.6 Å². The molecule has 1 aromatic heterocycles. The largest absolute Gasteiger partial charge is 0.459 e. The molecule has 0 unspecified atom stereocenters. The molecule has 10 heteroatoms. The van der Waals surface area contributed by atoms with E-state index in [1.54, 1.807) is 13.8 Å². The van der Waals surface area contributed by atoms with Gasteiger partial charge in [-0.2, -0.15) is 13.2 Å². The minimum atomic E-state index is -4.90. The Morgan fingerprint density at radius 3 is 2.42 bits per heavy atom. The maximum Gasteiger partial charge on any atom is 0.453 e. The molecule has 0 aliphatic rings. The maximum absolute atomic E-state index is 14.1. The molecular formula is C14H9Cl2F4NO3. The molecule has 0 radical (unpaired) electrons. The van der Waals surface area contributed by atoms with Crippen LogP contribution in [0.1, 0.15) is 30.0 Å². The molecule has 2 aromatic rings. The highest BCUT2D eigenvalue weighted by molar-refractivity contribution is 6.34. The molecular weight excluding hydrogens is 377 g/mol. The number of carbonyl (C=O) groups is 1. The zero-order valence-corrected chi connectivity index (χ0v) is 13.7. The Kier molecular flexibility index (Phi) is 5.10. The van der Waals surface area contributed by atoms with Crippen molar-refractivity contribution >= 4 is 29.2 Å². The Labute approximate surface area is 143 Å². The Morgan fingerprint density at radius 2 is 1.92 bits per heavy atom. The Balaban J connectivity index is 2.56. The third-order valence-corrected chi connectivity index (χ3v) is 3.43. The molecule has 0 aliphatic heterocycles. The second-order valence-corrected chi connectivity index (χ2v) is 5.72. The van der Waals surface area contributed by atoms with Gasteiger partial charge in [-0.3, -0.25) is 0 Å². The van der Waals surface area contributed by atoms with Crippen molar-refractivity contribution in [2.75, 3.05) is 0 Å². The van der Waals surface area contributed by atoms with Crippen LogP contribution in [0.25, 0.3) is 11.3 Å². The topological polar surface area (TPSA) is 52.3 Å². The van der Waals surface area contributed by atoms with Gasteiger partial charge in [0.25, 0.3) is 5.76 Å². The second kappa shape index (κ2) is 6.60. The summed E-state index contributed by atoms with van der Waals surface area (Å²) in [6, 6.07) is 1.67. The Hall–Kier alpha value is -1.80. The highest BCUT2D eigenvalue weighted by atomic mass is 35.5. The first kappa shape index (κ1) is 18.5. The maximum atomic E-state index is 14.1. The standard InChI is InChI=1S/C14H9Cl2F4NO3/c1-5(2)23-13(22)6-3-7(9(17)4-8(6)15)11-10(16)12(24-21-11)14(18,19)20/h3-5H,1-2H3. The van der Waals surface area contributed by atoms with Gasteiger partial charge < -0.3 is 9.26 Å². The quantitative estimate of drug-likeness (QED) is 0.526. The number of carbonyl (C=O) groups excluding carboxylic acids is 1. The van der Waals surface area contributed by atoms with Crippen molar-refractivity contribution in [1.82, 2.24) is 5.16 Å². The molecule has 0 saturated heterocycles. The SMILES string of the molecule is CC(C)OC(=O)c1cc(-c2noc(C(F)(F)F)c2Cl)c(F)cc1Cl. The fraction of sp³-hybridized carbons (Fsp3) is 0.286. The summed E-state index contributed by atoms with van der Waals surface area (Å²) in [6.07, 6.45) is -5.38. The lowest BCUT2D eigenvalue weighted by Gasteiger charge is -2.10. The third-order valence-electron chi connectivity index (χ3n) is 2.77. The summed E-state index contributed by atoms with van der Waals surface area (Å²) >= 11 is 11.4. The van der Waals surface area contributed by atoms with Crippen molar-refractivity contribution in [2.45, 2.75) is 26.1 Å². The van der Waals surface area contributed by atoms with Crippen molar-refractivity contribution in [3.8, 4) is 11.3 Å². The number of ether oxygens (including phenoxy) is 1. The van der Waals surface area contributed by atoms with E-state index in [2.05, 4.69) is 9.68 Å². The molecule has 0 amide bonds. The molecule has 4 nitrogen and oxygen atoms in total. The van der Waals surface area contributed by atoms with Gasteiger partial charge in [0.1, 0.15) is 16.5 Å². The van der Waals surface area contributed by atoms with Crippen LogP contribution in [0.15, 0.2) is 16.7 Å². The first-order chi connectivity index (χ1) is 11.0. The van der Waals surface area contributed by atoms with Gasteiger partial charge in [-0.15, -0.1) is 0 Å². The number of esters is 1. The molecule has 1 aromatic carbocycles. The lowest BCUT2D eigenvalue weighted by atomic mass is 10.1. The van der Waals surface area contributed by atoms with Gasteiger partial charge in [0, 0.05) is 5.56 Å². The number of alkyl halides is 3. The number of aromatic nitrogens is 1. The highest BCUT2D eigenvalue weighted by Gasteiger charge is 2.40. The zero-order valence-electron chi connectivity index (χ0n) is 12.2. The van der Waals surface area contributed by atoms with Gasteiger partial charge in [-0.05, 0) is 26.0 Å². The zero-order chi connectivity index (χ0) is 18.2. The van der Waals surface area contributed by atoms with E-state index in [0.29, 0.717) is 0 Å². The molecule has 0 bridgehead atoms. The number of rotatable bonds is 3. The monoisotopic (exact) mass is 385 g/mol. The van der Waals surface area contributed by atoms with E-state index in [0.717, 1.165) is 12.1 Å². The summed E-state index contributed by atoms with van der Waals surface area (Å²) < 4.78 is 61.2. The number of benzene rings is 1. The van der Waals surface area contributed by atoms with Crippen molar-refractivity contribution in [3.05, 3.63) is 39.3 Å². The lowest BCUT2D eigenvalue weighted by molar-refractivity contribution is -0.155. The van der Waals surface area contributed by atoms with Crippen LogP contribution in [0, 0.1) is 5.82 Å². The summed E-state index contributed by atoms with van der Waals surface area (Å²) in [4.78, 5) is 11.9. The normalized spacial score (nSPS) is 11.9. The van der Waals surface area contributed by atoms with Gasteiger partial charge in [0.15, 0.2) is 0 Å². The van der Waals surface area contributed by atoms with E-state index in [9.17, 15) is 22.4 Å². The second-order valence-electron chi connectivity index (χ2n) is 4.94. The summed E-state index contributed by atoms with van der Waals surface area (Å²) in [5.74, 6) is -3.46. The van der Waals surface area contributed by atoms with Crippen molar-refractivity contribution in [3.63, 3.8) is 0 Å². The lowest BCUT2D eigenvalue weighted by Crippen LogP contribution is -2.12. The van der Waals surface area contributed by atoms with Crippen LogP contribution < -0.4 is 0 Å². The first-order valence-corrected chi connectivity index (χ1v) is 7.20. The molecule has 0 fully saturated rings. The molecule has 24 heavy (non-hydrogen) atoms. The average molecular weight is 386 g/mol. The fourth-order valence-electron chi connectivity index (χ4n) is 1.79. The van der Waals surface area contributed by atoms with Crippen LogP contribution in [0.3, 0.4) is 0 Å². The molecule has 0 spiro atoms. The Morgan fingerprint density at radius 1 is 1.29 bits per heavy atom. The predicted molar refractivity (Wildman–Crippen MR) is 77.5 cm³/mol. The third kappa shape index (κ3) is 3.64. The van der Waals surface area contributed by atoms with Crippen molar-refractivity contribution < 1.29 is 31.6 Å². The predicted octanol–water partition coefficient (Wildman–Crippen LogP) is 5.37. The van der Waals surface area contributed by atoms with Gasteiger partial charge in [0.2, 0.25) is 0 Å². The molecule has 0 N–H and O–H groups in total. The molecule has 1 heterocycles. The average Bonchev–Trinajstić information content (AvgIpc) is 2.79. The van der Waals surface area contributed by atoms with E-state index in [1.807, 2.05) is 0 Å². The number of nitrogens with zero attached hydrogens (tertiary/aromatic N) is 1. The fourth-order valence-corrected chi connectivity index (χ4v) is 2.29. The number of halogens is 6. The van der Waals surface area contributed by atoms with E-state index in [1.165, 1.54) is 0 Å². The van der Waals surface area contributed by atoms with Crippen molar-refractivity contribution in [2.24, 2.45) is 0 Å². The van der Waals surface area contributed by atoms with Gasteiger partial charge in [0.05, 0.1) is 16.7 Å². The van der Waals surface area contributed by atoms with E-state index >= 15 is 0 Å². The molecule has 0 aliphatic carbocycles. The molecule has 2 rings (SSSR count). The van der Waals surface area contributed by atoms with Crippen LogP contribution >= 0.6 is 23.2 Å². The number of hydrogen-bond donors (Lipinski definition) is 0. The minimum absolute atomic E-state index is 0.241. The highest BCUT2D eigenvalue weighted by Crippen LogP contribution is 2.41. The first-order valence-electron chi connectivity index (χ1n) is 6.45. The number of hydrogen-bond acceptors (Lipinski definition) is 4. The Bertz CT molecular complexity index is 787. The van der Waals surface area contributed by atoms with E-state index in [4.69, 9.17) is 27.9 Å². The van der Waals surface area contributed by atoms with Crippen LogP contribution in [0.4, 0.5) is 17.6 Å². The summed E-state index contributed by atoms with van der Waals surface area (Å²) in [5.41, 5.74) is -1.31. The molecule has 130 valence electrons. The van der Waals surface area contributed by atoms with Crippen molar-refractivity contribution in [1.29, 1.82) is 0 Å². The summed E-state index contributed by atoms with van der Waals surface area (Å²) in [6.45, 7) is 3.17. The molecule has 0 saturated carbocycles. The van der Waals surface area contributed by atoms with E-state index < -0.39 is 46.1 Å². The van der Waals surface area contributed by atoms with Crippen LogP contribution in [0.2, 0.25) is 10.0 Å². The minimum Gasteiger partial charge on any atom is -0.459 e. The summed E-state index contributed by atoms with van der Waals surface area (Å²) in [7, 11) is 0. The van der Waals surface area contributed by atoms with Gasteiger partial charge >= 0.3 is 12.1 Å².